The Bertz CT molecular complexity index is 4470. The number of phenolic OH excluding ortho intramolecular Hbond substituents is 2. The lowest BCUT2D eigenvalue weighted by molar-refractivity contribution is 0.0000837. The number of amides is 2. The minimum absolute atomic E-state index is 0.0125. The summed E-state index contributed by atoms with van der Waals surface area (Å²) in [7, 11) is 4.87. The van der Waals surface area contributed by atoms with Gasteiger partial charge in [0.25, 0.3) is 11.8 Å². The first-order valence-corrected chi connectivity index (χ1v) is 37.1. The van der Waals surface area contributed by atoms with Gasteiger partial charge in [-0.25, -0.2) is 14.6 Å². The van der Waals surface area contributed by atoms with Crippen LogP contribution in [0.15, 0.2) is 103 Å². The minimum Gasteiger partial charge on any atom is -0.504 e. The van der Waals surface area contributed by atoms with Crippen molar-refractivity contribution in [3.8, 4) is 23.0 Å². The predicted octanol–water partition coefficient (Wildman–Crippen LogP) is 10.6. The summed E-state index contributed by atoms with van der Waals surface area (Å²) in [5.41, 5.74) is 4.66. The molecule has 0 aliphatic rings. The van der Waals surface area contributed by atoms with Gasteiger partial charge >= 0.3 is 0 Å². The lowest BCUT2D eigenvalue weighted by Gasteiger charge is -2.16. The summed E-state index contributed by atoms with van der Waals surface area (Å²) in [4.78, 5) is 94.0. The van der Waals surface area contributed by atoms with Crippen LogP contribution < -0.4 is 20.1 Å². The van der Waals surface area contributed by atoms with Gasteiger partial charge in [0.05, 0.1) is 179 Å². The number of hydrogen-bond acceptors (Lipinski definition) is 26. The van der Waals surface area contributed by atoms with E-state index in [-0.39, 0.29) is 94.7 Å². The van der Waals surface area contributed by atoms with Crippen molar-refractivity contribution in [2.24, 2.45) is 16.2 Å². The SMILES string of the molecule is COCCOCCOCCOCCOc1cc(C(=O)Nc2nc3ccc(C(=O)C(C)(C)C)cc3[nH]2)ccc1O.COCCOCCOCCOCCOc1ccc(C(=O)Nc2nc3ccc(C(=O)C(C)(C)C)cc3[nH]2)cc1O.COCCOCCOCCOCCn1cc(C(=O)c2cc3cc(C(=O)C(C)(C)C)ccc3[nH]2)nn1. The van der Waals surface area contributed by atoms with E-state index in [4.69, 9.17) is 66.3 Å². The summed E-state index contributed by atoms with van der Waals surface area (Å²) in [5, 5.41) is 34.6. The largest absolute Gasteiger partial charge is 0.504 e. The van der Waals surface area contributed by atoms with E-state index in [1.807, 2.05) is 74.4 Å². The summed E-state index contributed by atoms with van der Waals surface area (Å²) in [6.45, 7) is 27.5. The number of phenols is 2. The van der Waals surface area contributed by atoms with Crippen LogP contribution >= 0.6 is 0 Å². The number of aromatic amines is 3. The molecular formula is C81H108N10O22. The van der Waals surface area contributed by atoms with Crippen LogP contribution in [0.4, 0.5) is 11.9 Å². The van der Waals surface area contributed by atoms with Crippen molar-refractivity contribution in [1.82, 2.24) is 39.9 Å². The molecule has 4 heterocycles. The highest BCUT2D eigenvalue weighted by Crippen LogP contribution is 2.31. The monoisotopic (exact) mass is 1570 g/mol. The second-order valence-corrected chi connectivity index (χ2v) is 28.5. The number of aromatic nitrogens is 8. The summed E-state index contributed by atoms with van der Waals surface area (Å²) in [5.74, 6) is -0.493. The van der Waals surface area contributed by atoms with Gasteiger partial charge in [-0.15, -0.1) is 5.10 Å². The fourth-order valence-electron chi connectivity index (χ4n) is 10.3. The molecule has 5 aromatic carbocycles. The number of carbonyl (C=O) groups excluding carboxylic acids is 6. The average Bonchev–Trinajstić information content (AvgIpc) is 1.68. The van der Waals surface area contributed by atoms with E-state index < -0.39 is 28.1 Å². The molecule has 0 aliphatic heterocycles. The highest BCUT2D eigenvalue weighted by Gasteiger charge is 2.27. The first kappa shape index (κ1) is 90.3. The number of anilines is 2. The van der Waals surface area contributed by atoms with Crippen LogP contribution in [0.25, 0.3) is 33.0 Å². The smallest absolute Gasteiger partial charge is 0.258 e. The van der Waals surface area contributed by atoms with E-state index in [0.717, 1.165) is 10.9 Å². The number of ether oxygens (including phenoxy) is 14. The number of imidazole rings is 2. The van der Waals surface area contributed by atoms with Gasteiger partial charge in [0.2, 0.25) is 17.7 Å². The quantitative estimate of drug-likeness (QED) is 0.0138. The van der Waals surface area contributed by atoms with Crippen LogP contribution in [0, 0.1) is 16.2 Å². The van der Waals surface area contributed by atoms with Crippen LogP contribution in [0.1, 0.15) is 130 Å². The molecule has 7 N–H and O–H groups in total. The zero-order valence-corrected chi connectivity index (χ0v) is 66.6. The van der Waals surface area contributed by atoms with Crippen LogP contribution in [0.5, 0.6) is 23.0 Å². The maximum atomic E-state index is 12.9. The maximum Gasteiger partial charge on any atom is 0.258 e. The van der Waals surface area contributed by atoms with Crippen molar-refractivity contribution >= 4 is 79.8 Å². The lowest BCUT2D eigenvalue weighted by Crippen LogP contribution is -2.20. The van der Waals surface area contributed by atoms with E-state index in [0.29, 0.717) is 183 Å². The second kappa shape index (κ2) is 46.3. The molecule has 614 valence electrons. The lowest BCUT2D eigenvalue weighted by atomic mass is 9.86. The number of carbonyl (C=O) groups is 6. The zero-order valence-electron chi connectivity index (χ0n) is 66.6. The van der Waals surface area contributed by atoms with Gasteiger partial charge in [0.15, 0.2) is 46.0 Å². The highest BCUT2D eigenvalue weighted by molar-refractivity contribution is 6.10. The molecule has 0 fully saturated rings. The Balaban J connectivity index is 0.000000235. The number of ketones is 4. The molecule has 0 bridgehead atoms. The molecule has 9 rings (SSSR count). The molecule has 9 aromatic rings. The number of benzene rings is 5. The van der Waals surface area contributed by atoms with Crippen molar-refractivity contribution in [2.75, 3.05) is 184 Å². The molecule has 0 aliphatic carbocycles. The molecule has 0 atom stereocenters. The van der Waals surface area contributed by atoms with Crippen molar-refractivity contribution in [1.29, 1.82) is 0 Å². The minimum atomic E-state index is -0.510. The average molecular weight is 1570 g/mol. The van der Waals surface area contributed by atoms with E-state index >= 15 is 0 Å². The third kappa shape index (κ3) is 30.5. The van der Waals surface area contributed by atoms with Crippen LogP contribution in [-0.4, -0.2) is 258 Å². The van der Waals surface area contributed by atoms with E-state index in [2.05, 4.69) is 45.9 Å². The fraction of sp³-hybridized carbons (Fsp3) is 0.481. The number of fused-ring (bicyclic) bond motifs is 3. The van der Waals surface area contributed by atoms with E-state index in [1.165, 1.54) is 36.4 Å². The second-order valence-electron chi connectivity index (χ2n) is 28.5. The topological polar surface area (TPSA) is 400 Å². The number of Topliss-reactive ketones (excluding diaryl/α,β-unsaturated/α-hetero) is 3. The Labute approximate surface area is 656 Å². The molecule has 32 nitrogen and oxygen atoms in total. The van der Waals surface area contributed by atoms with Crippen LogP contribution in [0.3, 0.4) is 0 Å². The summed E-state index contributed by atoms with van der Waals surface area (Å²) < 4.78 is 75.9. The molecule has 32 heteroatoms. The fourth-order valence-corrected chi connectivity index (χ4v) is 10.3. The van der Waals surface area contributed by atoms with E-state index in [9.17, 15) is 39.0 Å². The van der Waals surface area contributed by atoms with Gasteiger partial charge in [-0.3, -0.25) is 39.4 Å². The van der Waals surface area contributed by atoms with Crippen molar-refractivity contribution in [3.05, 3.63) is 142 Å². The molecule has 0 unspecified atom stereocenters. The Morgan fingerprint density at radius 3 is 1.20 bits per heavy atom. The molecule has 0 spiro atoms. The molecule has 0 radical (unpaired) electrons. The molecule has 4 aromatic heterocycles. The molecule has 2 amide bonds. The van der Waals surface area contributed by atoms with Crippen LogP contribution in [-0.2, 0) is 63.4 Å². The summed E-state index contributed by atoms with van der Waals surface area (Å²) in [6, 6.07) is 26.2. The number of nitrogens with one attached hydrogen (secondary N) is 5. The van der Waals surface area contributed by atoms with Gasteiger partial charge in [0, 0.05) is 76.3 Å². The van der Waals surface area contributed by atoms with Gasteiger partial charge in [-0.2, -0.15) is 0 Å². The number of methoxy groups -OCH3 is 3. The Morgan fingerprint density at radius 2 is 0.770 bits per heavy atom. The molecular weight excluding hydrogens is 1460 g/mol. The molecule has 0 saturated carbocycles. The maximum absolute atomic E-state index is 12.9. The van der Waals surface area contributed by atoms with Crippen molar-refractivity contribution < 1.29 is 105 Å². The van der Waals surface area contributed by atoms with Crippen molar-refractivity contribution in [2.45, 2.75) is 68.9 Å². The molecule has 0 saturated heterocycles. The Kier molecular flexibility index (Phi) is 37.0. The number of H-pyrrole nitrogens is 3. The van der Waals surface area contributed by atoms with Crippen molar-refractivity contribution in [3.63, 3.8) is 0 Å². The Morgan fingerprint density at radius 1 is 0.389 bits per heavy atom. The summed E-state index contributed by atoms with van der Waals surface area (Å²) in [6.07, 6.45) is 1.60. The van der Waals surface area contributed by atoms with E-state index in [1.54, 1.807) is 80.7 Å². The number of rotatable bonds is 47. The molecule has 113 heavy (non-hydrogen) atoms. The normalized spacial score (nSPS) is 11.7. The standard InChI is InChI=1S/2C28H37N3O8.C25H34N4O6/c1-28(2,3)25(33)19-5-7-21-22(17-19)30-27(29-21)31-26(34)20-6-8-24(23(32)18-20)39-16-15-38-14-13-37-12-11-36-10-9-35-4;1-28(2,3)25(33)19-5-7-21-22(17-19)30-27(29-21)31-26(34)20-6-8-23(32)24(18-20)39-16-15-38-14-13-37-12-11-36-10-9-35-4;1-25(2,3)24(31)18-5-6-20-19(15-18)16-21(26-20)23(30)22-17-29(28-27-22)7-8-33-11-12-35-14-13-34-10-9-32-4/h2*5-8,17-18,32H,9-16H2,1-4H3,(H2,29,30,31,34);5-6,15-17,26H,7-14H2,1-4H3. The van der Waals surface area contributed by atoms with Crippen LogP contribution in [0.2, 0.25) is 0 Å². The van der Waals surface area contributed by atoms with Gasteiger partial charge < -0.3 is 91.5 Å². The van der Waals surface area contributed by atoms with Gasteiger partial charge in [-0.05, 0) is 97.1 Å². The van der Waals surface area contributed by atoms with Gasteiger partial charge in [-0.1, -0.05) is 67.5 Å². The third-order valence-corrected chi connectivity index (χ3v) is 16.3. The third-order valence-electron chi connectivity index (χ3n) is 16.3. The first-order valence-electron chi connectivity index (χ1n) is 37.1. The number of nitrogens with zero attached hydrogens (tertiary/aromatic N) is 5. The first-order chi connectivity index (χ1) is 54.2. The zero-order chi connectivity index (χ0) is 81.8. The highest BCUT2D eigenvalue weighted by atomic mass is 16.6. The summed E-state index contributed by atoms with van der Waals surface area (Å²) >= 11 is 0. The number of hydrogen-bond donors (Lipinski definition) is 7. The number of aromatic hydroxyl groups is 2. The van der Waals surface area contributed by atoms with Gasteiger partial charge in [0.1, 0.15) is 13.2 Å². The Hall–Kier alpha value is -9.94. The predicted molar refractivity (Wildman–Crippen MR) is 421 cm³/mol.